The molecule has 0 saturated carbocycles. The van der Waals surface area contributed by atoms with Crippen molar-refractivity contribution in [2.24, 2.45) is 11.7 Å². The van der Waals surface area contributed by atoms with Gasteiger partial charge in [0.15, 0.2) is 11.6 Å². The lowest BCUT2D eigenvalue weighted by Crippen LogP contribution is -2.46. The van der Waals surface area contributed by atoms with Gasteiger partial charge in [0.05, 0.1) is 82.1 Å². The second-order valence-electron chi connectivity index (χ2n) is 18.9. The number of rotatable bonds is 54. The van der Waals surface area contributed by atoms with Crippen LogP contribution in [0.1, 0.15) is 133 Å². The molecule has 0 aromatic heterocycles. The van der Waals surface area contributed by atoms with E-state index in [0.717, 1.165) is 63.1 Å². The molecule has 0 radical (unpaired) electrons. The molecule has 1 rings (SSSR count). The lowest BCUT2D eigenvalue weighted by atomic mass is 9.94. The van der Waals surface area contributed by atoms with E-state index in [1.807, 2.05) is 0 Å². The Morgan fingerprint density at radius 1 is 0.582 bits per heavy atom. The number of benzene rings is 1. The molecule has 10 N–H and O–H groups in total. The lowest BCUT2D eigenvalue weighted by Gasteiger charge is -2.17. The summed E-state index contributed by atoms with van der Waals surface area (Å²) in [6, 6.07) is 3.40. The number of carboxylic acids is 3. The molecule has 0 saturated heterocycles. The number of unbranched alkanes of at least 4 members (excludes halogenated alkanes) is 9. The molecule has 0 aliphatic heterocycles. The summed E-state index contributed by atoms with van der Waals surface area (Å²) in [7, 11) is 0. The van der Waals surface area contributed by atoms with Crippen LogP contribution in [0.15, 0.2) is 24.3 Å². The number of amides is 3. The normalized spacial score (nSPS) is 12.6. The van der Waals surface area contributed by atoms with Crippen LogP contribution >= 0.6 is 11.8 Å². The van der Waals surface area contributed by atoms with Gasteiger partial charge in [-0.1, -0.05) is 44.9 Å². The predicted octanol–water partition coefficient (Wildman–Crippen LogP) is 2.66. The highest BCUT2D eigenvalue weighted by Gasteiger charge is 2.23. The Bertz CT molecular complexity index is 1960. The Kier molecular flexibility index (Phi) is 42.0. The van der Waals surface area contributed by atoms with Crippen molar-refractivity contribution in [3.8, 4) is 5.75 Å². The van der Waals surface area contributed by atoms with Gasteiger partial charge in [-0.15, -0.1) is 11.8 Å². The third-order valence-electron chi connectivity index (χ3n) is 12.1. The van der Waals surface area contributed by atoms with Gasteiger partial charge in [-0.05, 0) is 76.1 Å². The van der Waals surface area contributed by atoms with Gasteiger partial charge in [0.1, 0.15) is 36.6 Å². The van der Waals surface area contributed by atoms with Crippen LogP contribution in [0.25, 0.3) is 0 Å². The molecule has 1 aromatic rings. The van der Waals surface area contributed by atoms with Gasteiger partial charge in [-0.3, -0.25) is 43.7 Å². The number of hydrogen-bond acceptors (Lipinski definition) is 19. The largest absolute Gasteiger partial charge is 0.494 e. The number of hydrogen-bond donors (Lipinski definition) is 9. The average molecular weight is 1140 g/mol. The minimum absolute atomic E-state index is 0.0341. The summed E-state index contributed by atoms with van der Waals surface area (Å²) in [4.78, 5) is 120. The fraction of sp³-hybridized carbons (Fsp3) is 0.704. The zero-order valence-electron chi connectivity index (χ0n) is 45.9. The van der Waals surface area contributed by atoms with E-state index in [9.17, 15) is 58.2 Å². The fourth-order valence-electron chi connectivity index (χ4n) is 7.42. The quantitative estimate of drug-likeness (QED) is 0.0423. The van der Waals surface area contributed by atoms with Crippen LogP contribution in [0.4, 0.5) is 0 Å². The first-order valence-electron chi connectivity index (χ1n) is 27.2. The predicted molar refractivity (Wildman–Crippen MR) is 292 cm³/mol. The van der Waals surface area contributed by atoms with Crippen molar-refractivity contribution in [1.29, 1.82) is 0 Å². The topological polar surface area (TPSA) is 372 Å². The van der Waals surface area contributed by atoms with Gasteiger partial charge in [0.25, 0.3) is 0 Å². The van der Waals surface area contributed by atoms with E-state index in [4.69, 9.17) is 39.6 Å². The third kappa shape index (κ3) is 39.6. The van der Waals surface area contributed by atoms with Crippen molar-refractivity contribution in [3.05, 3.63) is 29.8 Å². The molecule has 79 heavy (non-hydrogen) atoms. The molecule has 25 heteroatoms. The molecule has 1 aromatic carbocycles. The summed E-state index contributed by atoms with van der Waals surface area (Å²) < 4.78 is 27.2. The van der Waals surface area contributed by atoms with E-state index in [-0.39, 0.29) is 144 Å². The SMILES string of the molecule is CC(=O)[C@H](CSCC(=O)N[C@@H](CCCCNC(=O)COCCOCCCC(=O)COCCOCCNC(=O)CC[C@H](CC(=O)CCCCCCCCCCCOc1ccc(C(=O)O)cc1)C(=O)O)C(=O)O)NCC(=O)[C@@H](N)CO. The first-order chi connectivity index (χ1) is 37.9. The minimum atomic E-state index is -1.21. The third-order valence-corrected chi connectivity index (χ3v) is 13.1. The first kappa shape index (κ1) is 71.6. The number of Topliss-reactive ketones (excluding diaryl/α,β-unsaturated/α-hetero) is 4. The number of ether oxygens (including phenoxy) is 5. The summed E-state index contributed by atoms with van der Waals surface area (Å²) in [5.74, 6) is -5.74. The molecular formula is C54H87N5O19S. The molecule has 4 atom stereocenters. The fourth-order valence-corrected chi connectivity index (χ4v) is 8.39. The Hall–Kier alpha value is -5.41. The van der Waals surface area contributed by atoms with Crippen LogP contribution in [0.2, 0.25) is 0 Å². The van der Waals surface area contributed by atoms with Crippen LogP contribution in [-0.4, -0.2) is 195 Å². The molecule has 0 fully saturated rings. The van der Waals surface area contributed by atoms with Gasteiger partial charge >= 0.3 is 17.9 Å². The van der Waals surface area contributed by atoms with Gasteiger partial charge in [-0.2, -0.15) is 0 Å². The van der Waals surface area contributed by atoms with Crippen LogP contribution < -0.4 is 31.7 Å². The van der Waals surface area contributed by atoms with Crippen molar-refractivity contribution in [2.45, 2.75) is 141 Å². The van der Waals surface area contributed by atoms with Crippen LogP contribution in [0.5, 0.6) is 5.75 Å². The molecule has 0 heterocycles. The van der Waals surface area contributed by atoms with Crippen LogP contribution in [-0.2, 0) is 62.1 Å². The number of aliphatic hydroxyl groups excluding tert-OH is 1. The number of aliphatic hydroxyl groups is 1. The number of carbonyl (C=O) groups excluding carboxylic acids is 7. The molecule has 448 valence electrons. The molecule has 0 spiro atoms. The van der Waals surface area contributed by atoms with Crippen molar-refractivity contribution < 1.29 is 92.1 Å². The molecule has 0 aliphatic carbocycles. The highest BCUT2D eigenvalue weighted by Crippen LogP contribution is 2.17. The van der Waals surface area contributed by atoms with Gasteiger partial charge in [0.2, 0.25) is 17.7 Å². The average Bonchev–Trinajstić information content (AvgIpc) is 3.41. The van der Waals surface area contributed by atoms with Crippen molar-refractivity contribution in [3.63, 3.8) is 0 Å². The standard InChI is InChI=1S/C54H87N5O19S/c1-39(61)47(58-33-48(64)45(55)34-60)37-79-38-51(67)59-46(54(72)73)16-10-11-23-56-50(66)36-77-31-28-74-25-13-15-43(63)35-76-30-29-75-27-24-57-49(65)22-19-41(53(70)71)32-42(62)14-9-7-5-3-2-4-6-8-12-26-78-44-20-17-40(18-21-44)52(68)69/h17-18,20-21,41,45-47,58,60H,2-16,19,22-38,55H2,1H3,(H,56,66)(H,57,65)(H,59,67)(H,68,69)(H,70,71)(H,72,73)/t41-,45+,46+,47+/m1/s1. The smallest absolute Gasteiger partial charge is 0.335 e. The van der Waals surface area contributed by atoms with Gasteiger partial charge in [-0.25, -0.2) is 9.59 Å². The zero-order chi connectivity index (χ0) is 58.5. The number of carboxylic acid groups (broad SMARTS) is 3. The second-order valence-corrected chi connectivity index (χ2v) is 19.9. The van der Waals surface area contributed by atoms with Crippen molar-refractivity contribution in [1.82, 2.24) is 21.3 Å². The maximum absolute atomic E-state index is 12.5. The van der Waals surface area contributed by atoms with E-state index < -0.39 is 60.2 Å². The van der Waals surface area contributed by atoms with Crippen LogP contribution in [0.3, 0.4) is 0 Å². The molecule has 3 amide bonds. The van der Waals surface area contributed by atoms with Gasteiger partial charge in [0, 0.05) is 51.1 Å². The lowest BCUT2D eigenvalue weighted by molar-refractivity contribution is -0.144. The monoisotopic (exact) mass is 1140 g/mol. The second kappa shape index (κ2) is 46.4. The Morgan fingerprint density at radius 2 is 1.19 bits per heavy atom. The minimum Gasteiger partial charge on any atom is -0.494 e. The Morgan fingerprint density at radius 3 is 1.82 bits per heavy atom. The zero-order valence-corrected chi connectivity index (χ0v) is 46.7. The summed E-state index contributed by atoms with van der Waals surface area (Å²) in [6.07, 6.45) is 10.9. The van der Waals surface area contributed by atoms with E-state index in [0.29, 0.717) is 51.1 Å². The Labute approximate surface area is 467 Å². The summed E-state index contributed by atoms with van der Waals surface area (Å²) in [5, 5.41) is 47.7. The number of nitrogens with one attached hydrogen (secondary N) is 4. The number of ketones is 4. The van der Waals surface area contributed by atoms with Crippen LogP contribution in [0, 0.1) is 5.92 Å². The highest BCUT2D eigenvalue weighted by molar-refractivity contribution is 8.00. The van der Waals surface area contributed by atoms with E-state index in [2.05, 4.69) is 21.3 Å². The first-order valence-corrected chi connectivity index (χ1v) is 28.4. The van der Waals surface area contributed by atoms with E-state index >= 15 is 0 Å². The summed E-state index contributed by atoms with van der Waals surface area (Å²) in [6.45, 7) is 2.51. The molecule has 24 nitrogen and oxygen atoms in total. The van der Waals surface area contributed by atoms with Crippen molar-refractivity contribution >= 4 is 70.5 Å². The number of aliphatic carboxylic acids is 2. The highest BCUT2D eigenvalue weighted by atomic mass is 32.2. The molecule has 0 aliphatic rings. The maximum atomic E-state index is 12.5. The van der Waals surface area contributed by atoms with E-state index in [1.54, 1.807) is 12.1 Å². The number of thioether (sulfide) groups is 1. The summed E-state index contributed by atoms with van der Waals surface area (Å²) in [5.41, 5.74) is 5.69. The van der Waals surface area contributed by atoms with E-state index in [1.165, 1.54) is 19.1 Å². The summed E-state index contributed by atoms with van der Waals surface area (Å²) >= 11 is 1.08. The number of carbonyl (C=O) groups is 10. The number of nitrogens with two attached hydrogens (primary N) is 1. The molecular weight excluding hydrogens is 1050 g/mol. The molecule has 0 unspecified atom stereocenters. The molecule has 0 bridgehead atoms. The number of aromatic carboxylic acids is 1. The van der Waals surface area contributed by atoms with Crippen molar-refractivity contribution in [2.75, 3.05) is 97.2 Å². The maximum Gasteiger partial charge on any atom is 0.335 e. The van der Waals surface area contributed by atoms with Gasteiger partial charge < -0.3 is 65.8 Å². The Balaban J connectivity index is 1.98.